The number of hydrogen-bond donors (Lipinski definition) is 2. The SMILES string of the molecule is NCCCNS(=O)(=O)N1CCOCC1. The number of nitrogens with two attached hydrogens (primary N) is 1. The third-order valence-electron chi connectivity index (χ3n) is 1.98. The van der Waals surface area contributed by atoms with Crippen molar-refractivity contribution in [2.75, 3.05) is 39.4 Å². The highest BCUT2D eigenvalue weighted by atomic mass is 32.2. The van der Waals surface area contributed by atoms with Crippen LogP contribution >= 0.6 is 0 Å². The quantitative estimate of drug-likeness (QED) is 0.556. The van der Waals surface area contributed by atoms with E-state index in [1.54, 1.807) is 0 Å². The summed E-state index contributed by atoms with van der Waals surface area (Å²) in [6.45, 7) is 2.69. The predicted octanol–water partition coefficient (Wildman–Crippen LogP) is -1.50. The summed E-state index contributed by atoms with van der Waals surface area (Å²) in [5.74, 6) is 0. The van der Waals surface area contributed by atoms with Crippen molar-refractivity contribution in [3.8, 4) is 0 Å². The van der Waals surface area contributed by atoms with Gasteiger partial charge in [0.1, 0.15) is 0 Å². The lowest BCUT2D eigenvalue weighted by atomic mass is 10.4. The number of nitrogens with one attached hydrogen (secondary N) is 1. The van der Waals surface area contributed by atoms with Crippen molar-refractivity contribution >= 4 is 10.2 Å². The summed E-state index contributed by atoms with van der Waals surface area (Å²) in [4.78, 5) is 0. The maximum absolute atomic E-state index is 11.6. The minimum atomic E-state index is -3.31. The predicted molar refractivity (Wildman–Crippen MR) is 53.0 cm³/mol. The van der Waals surface area contributed by atoms with E-state index in [1.165, 1.54) is 4.31 Å². The third-order valence-corrected chi connectivity index (χ3v) is 3.59. The molecule has 7 heteroatoms. The minimum Gasteiger partial charge on any atom is -0.379 e. The van der Waals surface area contributed by atoms with E-state index < -0.39 is 10.2 Å². The van der Waals surface area contributed by atoms with Gasteiger partial charge < -0.3 is 10.5 Å². The second-order valence-electron chi connectivity index (χ2n) is 3.05. The van der Waals surface area contributed by atoms with E-state index in [9.17, 15) is 8.42 Å². The van der Waals surface area contributed by atoms with Crippen LogP contribution in [0.1, 0.15) is 6.42 Å². The Balaban J connectivity index is 2.38. The van der Waals surface area contributed by atoms with Gasteiger partial charge in [-0.15, -0.1) is 0 Å². The largest absolute Gasteiger partial charge is 0.379 e. The van der Waals surface area contributed by atoms with Gasteiger partial charge in [0, 0.05) is 19.6 Å². The molecule has 0 amide bonds. The highest BCUT2D eigenvalue weighted by molar-refractivity contribution is 7.87. The molecule has 0 saturated carbocycles. The van der Waals surface area contributed by atoms with Crippen molar-refractivity contribution in [2.45, 2.75) is 6.42 Å². The summed E-state index contributed by atoms with van der Waals surface area (Å²) in [5.41, 5.74) is 5.27. The molecule has 1 heterocycles. The molecular formula is C7H17N3O3S. The van der Waals surface area contributed by atoms with Crippen molar-refractivity contribution in [1.29, 1.82) is 0 Å². The number of ether oxygens (including phenoxy) is 1. The van der Waals surface area contributed by atoms with Crippen LogP contribution in [0.15, 0.2) is 0 Å². The van der Waals surface area contributed by atoms with Crippen molar-refractivity contribution in [3.05, 3.63) is 0 Å². The summed E-state index contributed by atoms with van der Waals surface area (Å²) in [5, 5.41) is 0. The molecule has 0 unspecified atom stereocenters. The highest BCUT2D eigenvalue weighted by Gasteiger charge is 2.23. The topological polar surface area (TPSA) is 84.7 Å². The van der Waals surface area contributed by atoms with E-state index in [1.807, 2.05) is 0 Å². The molecule has 0 radical (unpaired) electrons. The Hall–Kier alpha value is -0.210. The summed E-state index contributed by atoms with van der Waals surface area (Å²) in [7, 11) is -3.31. The Morgan fingerprint density at radius 3 is 2.57 bits per heavy atom. The first-order valence-electron chi connectivity index (χ1n) is 4.69. The molecule has 84 valence electrons. The maximum atomic E-state index is 11.6. The molecule has 1 aliphatic heterocycles. The van der Waals surface area contributed by atoms with Crippen LogP contribution in [0.5, 0.6) is 0 Å². The van der Waals surface area contributed by atoms with Gasteiger partial charge in [-0.3, -0.25) is 0 Å². The standard InChI is InChI=1S/C7H17N3O3S/c8-2-1-3-9-14(11,12)10-4-6-13-7-5-10/h9H,1-8H2. The molecule has 0 aromatic carbocycles. The number of nitrogens with zero attached hydrogens (tertiary/aromatic N) is 1. The monoisotopic (exact) mass is 223 g/mol. The minimum absolute atomic E-state index is 0.399. The number of hydrogen-bond acceptors (Lipinski definition) is 4. The summed E-state index contributed by atoms with van der Waals surface area (Å²) < 4.78 is 32.1. The molecule has 0 spiro atoms. The Kier molecular flexibility index (Phi) is 4.76. The van der Waals surface area contributed by atoms with Crippen molar-refractivity contribution < 1.29 is 13.2 Å². The van der Waals surface area contributed by atoms with Gasteiger partial charge in [-0.2, -0.15) is 12.7 Å². The maximum Gasteiger partial charge on any atom is 0.279 e. The molecule has 0 aliphatic carbocycles. The first-order chi connectivity index (χ1) is 6.67. The normalized spacial score (nSPS) is 19.8. The van der Waals surface area contributed by atoms with Crippen LogP contribution in [-0.4, -0.2) is 52.1 Å². The van der Waals surface area contributed by atoms with Gasteiger partial charge in [0.25, 0.3) is 10.2 Å². The Morgan fingerprint density at radius 2 is 2.00 bits per heavy atom. The van der Waals surface area contributed by atoms with Crippen molar-refractivity contribution in [2.24, 2.45) is 5.73 Å². The van der Waals surface area contributed by atoms with Crippen LogP contribution in [0, 0.1) is 0 Å². The average molecular weight is 223 g/mol. The second-order valence-corrected chi connectivity index (χ2v) is 4.81. The van der Waals surface area contributed by atoms with E-state index in [0.29, 0.717) is 45.8 Å². The zero-order valence-corrected chi connectivity index (χ0v) is 8.92. The molecule has 3 N–H and O–H groups in total. The van der Waals surface area contributed by atoms with Crippen LogP contribution in [0.3, 0.4) is 0 Å². The lowest BCUT2D eigenvalue weighted by Gasteiger charge is -2.25. The number of morpholine rings is 1. The molecule has 1 saturated heterocycles. The summed E-state index contributed by atoms with van der Waals surface area (Å²) >= 11 is 0. The van der Waals surface area contributed by atoms with Gasteiger partial charge in [-0.05, 0) is 13.0 Å². The fourth-order valence-corrected chi connectivity index (χ4v) is 2.40. The smallest absolute Gasteiger partial charge is 0.279 e. The summed E-state index contributed by atoms with van der Waals surface area (Å²) in [6, 6.07) is 0. The molecule has 1 aliphatic rings. The van der Waals surface area contributed by atoms with Crippen molar-refractivity contribution in [3.63, 3.8) is 0 Å². The molecule has 1 fully saturated rings. The lowest BCUT2D eigenvalue weighted by molar-refractivity contribution is 0.0725. The van der Waals surface area contributed by atoms with E-state index >= 15 is 0 Å². The van der Waals surface area contributed by atoms with Gasteiger partial charge in [0.2, 0.25) is 0 Å². The number of rotatable bonds is 5. The van der Waals surface area contributed by atoms with Crippen LogP contribution in [0.25, 0.3) is 0 Å². The Bertz CT molecular complexity index is 249. The van der Waals surface area contributed by atoms with Crippen LogP contribution < -0.4 is 10.5 Å². The second kappa shape index (κ2) is 5.62. The molecule has 0 atom stereocenters. The van der Waals surface area contributed by atoms with E-state index in [-0.39, 0.29) is 0 Å². The van der Waals surface area contributed by atoms with Crippen LogP contribution in [-0.2, 0) is 14.9 Å². The first kappa shape index (κ1) is 11.9. The van der Waals surface area contributed by atoms with E-state index in [4.69, 9.17) is 10.5 Å². The van der Waals surface area contributed by atoms with Gasteiger partial charge in [-0.25, -0.2) is 4.72 Å². The Morgan fingerprint density at radius 1 is 1.36 bits per heavy atom. The zero-order chi connectivity index (χ0) is 10.4. The molecule has 14 heavy (non-hydrogen) atoms. The van der Waals surface area contributed by atoms with Gasteiger partial charge in [-0.1, -0.05) is 0 Å². The van der Waals surface area contributed by atoms with Gasteiger partial charge in [0.15, 0.2) is 0 Å². The fourth-order valence-electron chi connectivity index (χ4n) is 1.18. The van der Waals surface area contributed by atoms with Crippen molar-refractivity contribution in [1.82, 2.24) is 9.03 Å². The first-order valence-corrected chi connectivity index (χ1v) is 6.13. The molecular weight excluding hydrogens is 206 g/mol. The van der Waals surface area contributed by atoms with E-state index in [0.717, 1.165) is 0 Å². The molecule has 0 aromatic heterocycles. The zero-order valence-electron chi connectivity index (χ0n) is 8.11. The molecule has 0 bridgehead atoms. The molecule has 0 aromatic rings. The highest BCUT2D eigenvalue weighted by Crippen LogP contribution is 2.02. The van der Waals surface area contributed by atoms with E-state index in [2.05, 4.69) is 4.72 Å². The lowest BCUT2D eigenvalue weighted by Crippen LogP contribution is -2.46. The van der Waals surface area contributed by atoms with Gasteiger partial charge in [0.05, 0.1) is 13.2 Å². The average Bonchev–Trinajstić information content (AvgIpc) is 2.19. The van der Waals surface area contributed by atoms with Crippen LogP contribution in [0.4, 0.5) is 0 Å². The Labute approximate surface area is 84.6 Å². The molecule has 6 nitrogen and oxygen atoms in total. The molecule has 1 rings (SSSR count). The van der Waals surface area contributed by atoms with Gasteiger partial charge >= 0.3 is 0 Å². The third kappa shape index (κ3) is 3.50. The summed E-state index contributed by atoms with van der Waals surface area (Å²) in [6.07, 6.45) is 0.656. The van der Waals surface area contributed by atoms with Crippen LogP contribution in [0.2, 0.25) is 0 Å². The fraction of sp³-hybridized carbons (Fsp3) is 1.00.